The summed E-state index contributed by atoms with van der Waals surface area (Å²) in [6.07, 6.45) is 0.699. The van der Waals surface area contributed by atoms with E-state index in [1.165, 1.54) is 18.2 Å². The molecule has 2 aromatic carbocycles. The number of carbonyl (C=O) groups excluding carboxylic acids is 1. The maximum Gasteiger partial charge on any atom is 0.227 e. The van der Waals surface area contributed by atoms with E-state index < -0.39 is 17.6 Å². The molecule has 1 aliphatic rings. The zero-order valence-corrected chi connectivity index (χ0v) is 14.4. The first-order valence-corrected chi connectivity index (χ1v) is 8.67. The van der Waals surface area contributed by atoms with Gasteiger partial charge in [-0.1, -0.05) is 18.2 Å². The Hall–Kier alpha value is -2.34. The summed E-state index contributed by atoms with van der Waals surface area (Å²) in [6, 6.07) is 9.57. The molecule has 0 aromatic heterocycles. The zero-order chi connectivity index (χ0) is 18.7. The van der Waals surface area contributed by atoms with Crippen molar-refractivity contribution >= 4 is 5.91 Å². The van der Waals surface area contributed by atoms with Crippen LogP contribution in [0.4, 0.5) is 13.2 Å². The van der Waals surface area contributed by atoms with Gasteiger partial charge in [0, 0.05) is 18.5 Å². The first-order valence-electron chi connectivity index (χ1n) is 8.67. The molecular formula is C20H21F3N2O. The van der Waals surface area contributed by atoms with Gasteiger partial charge in [-0.2, -0.15) is 0 Å². The molecule has 2 aromatic rings. The summed E-state index contributed by atoms with van der Waals surface area (Å²) in [5.41, 5.74) is 1.25. The first kappa shape index (κ1) is 18.5. The first-order chi connectivity index (χ1) is 12.5. The van der Waals surface area contributed by atoms with E-state index in [2.05, 4.69) is 10.6 Å². The van der Waals surface area contributed by atoms with Gasteiger partial charge in [0.25, 0.3) is 0 Å². The third kappa shape index (κ3) is 4.07. The summed E-state index contributed by atoms with van der Waals surface area (Å²) in [7, 11) is 0. The number of carbonyl (C=O) groups is 1. The van der Waals surface area contributed by atoms with Gasteiger partial charge in [0.2, 0.25) is 5.91 Å². The predicted octanol–water partition coefficient (Wildman–Crippen LogP) is 3.47. The molecule has 3 nitrogen and oxygen atoms in total. The SMILES string of the molecule is CC(C(=O)NC1CNCCC1c1ccc(F)c(F)c1)c1cccc(F)c1. The molecule has 138 valence electrons. The molecule has 2 N–H and O–H groups in total. The lowest BCUT2D eigenvalue weighted by Crippen LogP contribution is -2.50. The second-order valence-corrected chi connectivity index (χ2v) is 6.66. The molecule has 0 bridgehead atoms. The van der Waals surface area contributed by atoms with E-state index >= 15 is 0 Å². The average Bonchev–Trinajstić information content (AvgIpc) is 2.64. The Bertz CT molecular complexity index is 796. The van der Waals surface area contributed by atoms with Crippen LogP contribution in [0.15, 0.2) is 42.5 Å². The van der Waals surface area contributed by atoms with Crippen molar-refractivity contribution in [2.45, 2.75) is 31.2 Å². The van der Waals surface area contributed by atoms with Crippen molar-refractivity contribution in [3.63, 3.8) is 0 Å². The van der Waals surface area contributed by atoms with Crippen LogP contribution in [0.3, 0.4) is 0 Å². The van der Waals surface area contributed by atoms with Crippen molar-refractivity contribution in [3.8, 4) is 0 Å². The summed E-state index contributed by atoms with van der Waals surface area (Å²) < 4.78 is 40.2. The van der Waals surface area contributed by atoms with Crippen LogP contribution in [-0.4, -0.2) is 25.0 Å². The fraction of sp³-hybridized carbons (Fsp3) is 0.350. The van der Waals surface area contributed by atoms with Gasteiger partial charge in [-0.25, -0.2) is 13.2 Å². The summed E-state index contributed by atoms with van der Waals surface area (Å²) in [5, 5.41) is 6.19. The van der Waals surface area contributed by atoms with Crippen molar-refractivity contribution in [1.29, 1.82) is 0 Å². The van der Waals surface area contributed by atoms with Crippen molar-refractivity contribution in [2.75, 3.05) is 13.1 Å². The third-order valence-corrected chi connectivity index (χ3v) is 4.92. The minimum atomic E-state index is -0.890. The van der Waals surface area contributed by atoms with Gasteiger partial charge >= 0.3 is 0 Å². The number of halogens is 3. The fourth-order valence-electron chi connectivity index (χ4n) is 3.39. The van der Waals surface area contributed by atoms with Crippen LogP contribution in [0.25, 0.3) is 0 Å². The highest BCUT2D eigenvalue weighted by Gasteiger charge is 2.29. The molecule has 0 aliphatic carbocycles. The van der Waals surface area contributed by atoms with Crippen LogP contribution in [0.5, 0.6) is 0 Å². The molecule has 1 fully saturated rings. The van der Waals surface area contributed by atoms with Gasteiger partial charge in [0.1, 0.15) is 5.82 Å². The minimum absolute atomic E-state index is 0.116. The van der Waals surface area contributed by atoms with Crippen LogP contribution < -0.4 is 10.6 Å². The molecule has 0 spiro atoms. The maximum absolute atomic E-state index is 13.6. The number of hydrogen-bond acceptors (Lipinski definition) is 2. The van der Waals surface area contributed by atoms with Crippen LogP contribution >= 0.6 is 0 Å². The normalized spacial score (nSPS) is 21.2. The fourth-order valence-corrected chi connectivity index (χ4v) is 3.39. The molecule has 3 atom stereocenters. The number of nitrogens with one attached hydrogen (secondary N) is 2. The highest BCUT2D eigenvalue weighted by atomic mass is 19.2. The summed E-state index contributed by atoms with van der Waals surface area (Å²) in [5.74, 6) is -3.02. The lowest BCUT2D eigenvalue weighted by atomic mass is 9.85. The van der Waals surface area contributed by atoms with Gasteiger partial charge in [0.15, 0.2) is 11.6 Å². The van der Waals surface area contributed by atoms with Gasteiger partial charge in [-0.05, 0) is 55.3 Å². The third-order valence-electron chi connectivity index (χ3n) is 4.92. The quantitative estimate of drug-likeness (QED) is 0.875. The Kier molecular flexibility index (Phi) is 5.61. The van der Waals surface area contributed by atoms with E-state index in [-0.39, 0.29) is 23.7 Å². The monoisotopic (exact) mass is 362 g/mol. The van der Waals surface area contributed by atoms with Crippen LogP contribution in [-0.2, 0) is 4.79 Å². The standard InChI is InChI=1S/C20H21F3N2O/c1-12(13-3-2-4-15(21)9-13)20(26)25-19-11-24-8-7-16(19)14-5-6-17(22)18(23)10-14/h2-6,9-10,12,16,19,24H,7-8,11H2,1H3,(H,25,26). The van der Waals surface area contributed by atoms with Crippen LogP contribution in [0, 0.1) is 17.5 Å². The van der Waals surface area contributed by atoms with Crippen LogP contribution in [0.1, 0.15) is 36.3 Å². The lowest BCUT2D eigenvalue weighted by molar-refractivity contribution is -0.123. The second kappa shape index (κ2) is 7.91. The lowest BCUT2D eigenvalue weighted by Gasteiger charge is -2.34. The largest absolute Gasteiger partial charge is 0.351 e. The van der Waals surface area contributed by atoms with E-state index in [0.29, 0.717) is 24.1 Å². The summed E-state index contributed by atoms with van der Waals surface area (Å²) >= 11 is 0. The Morgan fingerprint density at radius 3 is 2.69 bits per heavy atom. The molecular weight excluding hydrogens is 341 g/mol. The van der Waals surface area contributed by atoms with E-state index in [4.69, 9.17) is 0 Å². The Balaban J connectivity index is 1.75. The molecule has 0 radical (unpaired) electrons. The van der Waals surface area contributed by atoms with Gasteiger partial charge in [-0.15, -0.1) is 0 Å². The number of amides is 1. The van der Waals surface area contributed by atoms with E-state index in [1.54, 1.807) is 25.1 Å². The van der Waals surface area contributed by atoms with Gasteiger partial charge in [0.05, 0.1) is 5.92 Å². The van der Waals surface area contributed by atoms with Crippen LogP contribution in [0.2, 0.25) is 0 Å². The summed E-state index contributed by atoms with van der Waals surface area (Å²) in [6.45, 7) is 2.98. The number of benzene rings is 2. The van der Waals surface area contributed by atoms with E-state index in [1.807, 2.05) is 0 Å². The highest BCUT2D eigenvalue weighted by Crippen LogP contribution is 2.28. The van der Waals surface area contributed by atoms with Gasteiger partial charge in [-0.3, -0.25) is 4.79 Å². The molecule has 3 unspecified atom stereocenters. The van der Waals surface area contributed by atoms with Crippen molar-refractivity contribution in [2.24, 2.45) is 0 Å². The number of rotatable bonds is 4. The topological polar surface area (TPSA) is 41.1 Å². The number of hydrogen-bond donors (Lipinski definition) is 2. The maximum atomic E-state index is 13.6. The van der Waals surface area contributed by atoms with E-state index in [9.17, 15) is 18.0 Å². The van der Waals surface area contributed by atoms with Crippen molar-refractivity contribution in [3.05, 3.63) is 71.0 Å². The predicted molar refractivity (Wildman–Crippen MR) is 93.3 cm³/mol. The second-order valence-electron chi connectivity index (χ2n) is 6.66. The molecule has 0 saturated carbocycles. The van der Waals surface area contributed by atoms with Crippen molar-refractivity contribution < 1.29 is 18.0 Å². The number of piperidine rings is 1. The Labute approximate surface area is 150 Å². The highest BCUT2D eigenvalue weighted by molar-refractivity contribution is 5.83. The summed E-state index contributed by atoms with van der Waals surface area (Å²) in [4.78, 5) is 12.6. The Morgan fingerprint density at radius 2 is 1.96 bits per heavy atom. The van der Waals surface area contributed by atoms with E-state index in [0.717, 1.165) is 12.6 Å². The smallest absolute Gasteiger partial charge is 0.227 e. The molecule has 3 rings (SSSR count). The van der Waals surface area contributed by atoms with Crippen molar-refractivity contribution in [1.82, 2.24) is 10.6 Å². The molecule has 6 heteroatoms. The minimum Gasteiger partial charge on any atom is -0.351 e. The molecule has 1 amide bonds. The molecule has 1 heterocycles. The molecule has 1 saturated heterocycles. The zero-order valence-electron chi connectivity index (χ0n) is 14.4. The Morgan fingerprint density at radius 1 is 1.15 bits per heavy atom. The molecule has 1 aliphatic heterocycles. The molecule has 26 heavy (non-hydrogen) atoms. The van der Waals surface area contributed by atoms with Gasteiger partial charge < -0.3 is 10.6 Å². The average molecular weight is 362 g/mol.